The lowest BCUT2D eigenvalue weighted by Crippen LogP contribution is -2.31. The molecule has 4 N–H and O–H groups in total. The number of hydrogen-bond donors (Lipinski definition) is 3. The molecule has 1 amide bonds. The molecule has 0 radical (unpaired) electrons. The van der Waals surface area contributed by atoms with Crippen molar-refractivity contribution in [2.45, 2.75) is 18.9 Å². The summed E-state index contributed by atoms with van der Waals surface area (Å²) < 4.78 is 13.1. The van der Waals surface area contributed by atoms with Crippen molar-refractivity contribution in [2.24, 2.45) is 0 Å². The Morgan fingerprint density at radius 1 is 1.59 bits per heavy atom. The van der Waals surface area contributed by atoms with Gasteiger partial charge in [0.2, 0.25) is 5.91 Å². The van der Waals surface area contributed by atoms with Crippen molar-refractivity contribution >= 4 is 28.9 Å². The summed E-state index contributed by atoms with van der Waals surface area (Å²) in [6, 6.07) is 2.71. The lowest BCUT2D eigenvalue weighted by Gasteiger charge is -2.14. The molecule has 2 rings (SSSR count). The van der Waals surface area contributed by atoms with Crippen molar-refractivity contribution in [1.29, 1.82) is 0 Å². The van der Waals surface area contributed by atoms with Crippen LogP contribution in [0.15, 0.2) is 12.1 Å². The van der Waals surface area contributed by atoms with Gasteiger partial charge in [0.15, 0.2) is 0 Å². The molecule has 0 bridgehead atoms. The van der Waals surface area contributed by atoms with Gasteiger partial charge in [-0.3, -0.25) is 4.79 Å². The minimum absolute atomic E-state index is 0.0251. The Hall–Kier alpha value is -1.49. The Labute approximate surface area is 103 Å². The fourth-order valence-corrected chi connectivity index (χ4v) is 1.94. The second-order valence-electron chi connectivity index (χ2n) is 4.04. The zero-order chi connectivity index (χ0) is 12.4. The van der Waals surface area contributed by atoms with E-state index in [1.54, 1.807) is 0 Å². The van der Waals surface area contributed by atoms with Gasteiger partial charge < -0.3 is 16.4 Å². The maximum absolute atomic E-state index is 13.1. The van der Waals surface area contributed by atoms with Crippen molar-refractivity contribution in [3.8, 4) is 0 Å². The molecule has 1 saturated heterocycles. The van der Waals surface area contributed by atoms with E-state index in [9.17, 15) is 9.18 Å². The van der Waals surface area contributed by atoms with Crippen molar-refractivity contribution in [3.05, 3.63) is 23.0 Å². The summed E-state index contributed by atoms with van der Waals surface area (Å²) in [4.78, 5) is 11.0. The molecule has 1 aromatic rings. The summed E-state index contributed by atoms with van der Waals surface area (Å²) >= 11 is 5.66. The van der Waals surface area contributed by atoms with Crippen molar-refractivity contribution in [2.75, 3.05) is 17.6 Å². The first-order valence-corrected chi connectivity index (χ1v) is 5.72. The highest BCUT2D eigenvalue weighted by Gasteiger charge is 2.20. The van der Waals surface area contributed by atoms with Gasteiger partial charge in [0, 0.05) is 25.1 Å². The fourth-order valence-electron chi connectivity index (χ4n) is 1.78. The summed E-state index contributed by atoms with van der Waals surface area (Å²) in [5.41, 5.74) is 6.54. The van der Waals surface area contributed by atoms with Crippen LogP contribution < -0.4 is 16.4 Å². The molecule has 0 aromatic heterocycles. The average Bonchev–Trinajstić information content (AvgIpc) is 2.68. The van der Waals surface area contributed by atoms with Crippen LogP contribution in [0.5, 0.6) is 0 Å². The highest BCUT2D eigenvalue weighted by atomic mass is 35.5. The summed E-state index contributed by atoms with van der Waals surface area (Å²) in [7, 11) is 0. The van der Waals surface area contributed by atoms with Crippen LogP contribution in [0, 0.1) is 5.82 Å². The molecule has 1 aliphatic rings. The van der Waals surface area contributed by atoms with Crippen LogP contribution in [0.3, 0.4) is 0 Å². The molecule has 1 fully saturated rings. The molecule has 1 aliphatic heterocycles. The number of halogens is 2. The highest BCUT2D eigenvalue weighted by Crippen LogP contribution is 2.26. The second-order valence-corrected chi connectivity index (χ2v) is 4.44. The van der Waals surface area contributed by atoms with Gasteiger partial charge in [-0.15, -0.1) is 0 Å². The van der Waals surface area contributed by atoms with Gasteiger partial charge in [-0.2, -0.15) is 0 Å². The zero-order valence-electron chi connectivity index (χ0n) is 9.09. The largest absolute Gasteiger partial charge is 0.397 e. The van der Waals surface area contributed by atoms with E-state index in [0.717, 1.165) is 6.42 Å². The first kappa shape index (κ1) is 12.0. The quantitative estimate of drug-likeness (QED) is 0.723. The lowest BCUT2D eigenvalue weighted by atomic mass is 10.2. The Morgan fingerprint density at radius 3 is 3.00 bits per heavy atom. The van der Waals surface area contributed by atoms with E-state index < -0.39 is 5.82 Å². The summed E-state index contributed by atoms with van der Waals surface area (Å²) in [5.74, 6) is -0.481. The molecule has 17 heavy (non-hydrogen) atoms. The van der Waals surface area contributed by atoms with Gasteiger partial charge in [0.05, 0.1) is 16.4 Å². The van der Waals surface area contributed by atoms with E-state index in [-0.39, 0.29) is 17.0 Å². The molecular formula is C11H13ClFN3O. The smallest absolute Gasteiger partial charge is 0.220 e. The maximum atomic E-state index is 13.1. The van der Waals surface area contributed by atoms with E-state index in [0.29, 0.717) is 24.3 Å². The van der Waals surface area contributed by atoms with Gasteiger partial charge in [-0.05, 0) is 12.5 Å². The predicted molar refractivity (Wildman–Crippen MR) is 65.5 cm³/mol. The van der Waals surface area contributed by atoms with Gasteiger partial charge in [-0.1, -0.05) is 11.6 Å². The van der Waals surface area contributed by atoms with Crippen LogP contribution >= 0.6 is 11.6 Å². The SMILES string of the molecule is Nc1cc(F)c(Cl)cc1NCC1CCC(=O)N1. The Morgan fingerprint density at radius 2 is 2.35 bits per heavy atom. The second kappa shape index (κ2) is 4.79. The zero-order valence-corrected chi connectivity index (χ0v) is 9.85. The molecule has 6 heteroatoms. The number of nitrogens with two attached hydrogens (primary N) is 1. The summed E-state index contributed by atoms with van der Waals surface area (Å²) in [6.45, 7) is 0.553. The molecule has 0 aliphatic carbocycles. The number of amides is 1. The van der Waals surface area contributed by atoms with E-state index in [1.165, 1.54) is 12.1 Å². The van der Waals surface area contributed by atoms with Crippen LogP contribution in [-0.4, -0.2) is 18.5 Å². The number of nitrogen functional groups attached to an aromatic ring is 1. The molecule has 1 atom stereocenters. The minimum atomic E-state index is -0.538. The van der Waals surface area contributed by atoms with Crippen molar-refractivity contribution < 1.29 is 9.18 Å². The van der Waals surface area contributed by atoms with Gasteiger partial charge in [-0.25, -0.2) is 4.39 Å². The first-order chi connectivity index (χ1) is 8.06. The third kappa shape index (κ3) is 2.79. The highest BCUT2D eigenvalue weighted by molar-refractivity contribution is 6.31. The Bertz CT molecular complexity index is 453. The summed E-state index contributed by atoms with van der Waals surface area (Å²) in [6.07, 6.45) is 1.34. The van der Waals surface area contributed by atoms with Gasteiger partial charge in [0.25, 0.3) is 0 Å². The minimum Gasteiger partial charge on any atom is -0.397 e. The Kier molecular flexibility index (Phi) is 3.38. The molecule has 4 nitrogen and oxygen atoms in total. The normalized spacial score (nSPS) is 19.2. The average molecular weight is 258 g/mol. The third-order valence-corrected chi connectivity index (χ3v) is 3.01. The number of benzene rings is 1. The first-order valence-electron chi connectivity index (χ1n) is 5.34. The standard InChI is InChI=1S/C11H13ClFN3O/c12-7-3-10(9(14)4-8(7)13)15-5-6-1-2-11(17)16-6/h3-4,6,15H,1-2,5,14H2,(H,16,17). The monoisotopic (exact) mass is 257 g/mol. The number of nitrogens with one attached hydrogen (secondary N) is 2. The predicted octanol–water partition coefficient (Wildman–Crippen LogP) is 1.75. The number of carbonyl (C=O) groups is 1. The van der Waals surface area contributed by atoms with Crippen LogP contribution in [0.1, 0.15) is 12.8 Å². The molecule has 1 unspecified atom stereocenters. The van der Waals surface area contributed by atoms with Crippen LogP contribution in [0.4, 0.5) is 15.8 Å². The van der Waals surface area contributed by atoms with Crippen molar-refractivity contribution in [1.82, 2.24) is 5.32 Å². The van der Waals surface area contributed by atoms with Crippen molar-refractivity contribution in [3.63, 3.8) is 0 Å². The third-order valence-electron chi connectivity index (χ3n) is 2.72. The number of anilines is 2. The fraction of sp³-hybridized carbons (Fsp3) is 0.364. The molecule has 0 saturated carbocycles. The van der Waals surface area contributed by atoms with Crippen LogP contribution in [0.2, 0.25) is 5.02 Å². The summed E-state index contributed by atoms with van der Waals surface area (Å²) in [5, 5.41) is 5.90. The molecule has 0 spiro atoms. The topological polar surface area (TPSA) is 67.1 Å². The lowest BCUT2D eigenvalue weighted by molar-refractivity contribution is -0.119. The van der Waals surface area contributed by atoms with E-state index in [4.69, 9.17) is 17.3 Å². The van der Waals surface area contributed by atoms with E-state index in [2.05, 4.69) is 10.6 Å². The molecular weight excluding hydrogens is 245 g/mol. The van der Waals surface area contributed by atoms with E-state index in [1.807, 2.05) is 0 Å². The van der Waals surface area contributed by atoms with Gasteiger partial charge in [0.1, 0.15) is 5.82 Å². The number of rotatable bonds is 3. The van der Waals surface area contributed by atoms with Crippen LogP contribution in [0.25, 0.3) is 0 Å². The molecule has 1 heterocycles. The number of hydrogen-bond acceptors (Lipinski definition) is 3. The molecule has 1 aromatic carbocycles. The number of carbonyl (C=O) groups excluding carboxylic acids is 1. The van der Waals surface area contributed by atoms with E-state index >= 15 is 0 Å². The van der Waals surface area contributed by atoms with Gasteiger partial charge >= 0.3 is 0 Å². The molecule has 92 valence electrons. The Balaban J connectivity index is 1.99. The maximum Gasteiger partial charge on any atom is 0.220 e. The van der Waals surface area contributed by atoms with Crippen LogP contribution in [-0.2, 0) is 4.79 Å².